The minimum absolute atomic E-state index is 0.0404. The molecule has 0 saturated carbocycles. The van der Waals surface area contributed by atoms with Crippen molar-refractivity contribution in [2.75, 3.05) is 5.73 Å². The molecule has 0 saturated heterocycles. The van der Waals surface area contributed by atoms with Crippen LogP contribution in [0, 0.1) is 0 Å². The molecule has 152 valence electrons. The third-order valence-electron chi connectivity index (χ3n) is 4.87. The Morgan fingerprint density at radius 1 is 0.806 bits per heavy atom. The van der Waals surface area contributed by atoms with Gasteiger partial charge in [-0.05, 0) is 29.8 Å². The number of anilines is 1. The number of para-hydroxylation sites is 2. The van der Waals surface area contributed by atoms with E-state index < -0.39 is 9.84 Å². The molecule has 0 bridgehead atoms. The van der Waals surface area contributed by atoms with Gasteiger partial charge < -0.3 is 5.73 Å². The summed E-state index contributed by atoms with van der Waals surface area (Å²) in [6.07, 6.45) is 1.60. The number of sulfone groups is 1. The molecule has 0 aliphatic rings. The molecular formula is C23H17N5O2S. The van der Waals surface area contributed by atoms with E-state index in [2.05, 4.69) is 15.1 Å². The zero-order chi connectivity index (χ0) is 21.4. The molecule has 0 aliphatic heterocycles. The monoisotopic (exact) mass is 427 g/mol. The Labute approximate surface area is 178 Å². The number of hydrogen-bond acceptors (Lipinski definition) is 6. The molecule has 0 fully saturated rings. The highest BCUT2D eigenvalue weighted by molar-refractivity contribution is 7.92. The summed E-state index contributed by atoms with van der Waals surface area (Å²) in [5.74, 6) is -0.0404. The summed E-state index contributed by atoms with van der Waals surface area (Å²) in [5.41, 5.74) is 8.85. The first-order chi connectivity index (χ1) is 15.1. The number of aromatic nitrogens is 3. The normalized spacial score (nSPS) is 12.1. The highest BCUT2D eigenvalue weighted by atomic mass is 32.2. The van der Waals surface area contributed by atoms with Crippen molar-refractivity contribution >= 4 is 44.1 Å². The highest BCUT2D eigenvalue weighted by Gasteiger charge is 2.30. The van der Waals surface area contributed by atoms with Gasteiger partial charge in [-0.1, -0.05) is 60.7 Å². The van der Waals surface area contributed by atoms with Crippen LogP contribution in [0.15, 0.2) is 99.8 Å². The van der Waals surface area contributed by atoms with Gasteiger partial charge in [0, 0.05) is 0 Å². The van der Waals surface area contributed by atoms with Crippen LogP contribution in [-0.2, 0) is 9.84 Å². The molecular weight excluding hydrogens is 410 g/mol. The molecule has 8 heteroatoms. The molecule has 0 atom stereocenters. The highest BCUT2D eigenvalue weighted by Crippen LogP contribution is 2.35. The SMILES string of the molecule is Nc1c(S(=O)(=O)c2ccccc2)c2nc3ccccc3nc2n1/N=C\c1ccccc1. The lowest BCUT2D eigenvalue weighted by Gasteiger charge is -2.04. The van der Waals surface area contributed by atoms with E-state index in [1.165, 1.54) is 16.8 Å². The van der Waals surface area contributed by atoms with Crippen molar-refractivity contribution in [2.45, 2.75) is 9.79 Å². The van der Waals surface area contributed by atoms with Gasteiger partial charge in [0.25, 0.3) is 0 Å². The van der Waals surface area contributed by atoms with Gasteiger partial charge in [0.1, 0.15) is 16.2 Å². The van der Waals surface area contributed by atoms with E-state index in [1.807, 2.05) is 48.5 Å². The quantitative estimate of drug-likeness (QED) is 0.439. The molecule has 7 nitrogen and oxygen atoms in total. The largest absolute Gasteiger partial charge is 0.382 e. The molecule has 0 aliphatic carbocycles. The number of nitrogens with zero attached hydrogens (tertiary/aromatic N) is 4. The fourth-order valence-corrected chi connectivity index (χ4v) is 4.89. The van der Waals surface area contributed by atoms with Crippen LogP contribution < -0.4 is 5.73 Å². The Balaban J connectivity index is 1.82. The van der Waals surface area contributed by atoms with Gasteiger partial charge in [0.15, 0.2) is 5.65 Å². The second-order valence-electron chi connectivity index (χ2n) is 6.88. The van der Waals surface area contributed by atoms with E-state index in [-0.39, 0.29) is 26.8 Å². The van der Waals surface area contributed by atoms with Crippen molar-refractivity contribution < 1.29 is 8.42 Å². The van der Waals surface area contributed by atoms with Gasteiger partial charge >= 0.3 is 0 Å². The number of benzene rings is 3. The molecule has 5 rings (SSSR count). The van der Waals surface area contributed by atoms with E-state index >= 15 is 0 Å². The summed E-state index contributed by atoms with van der Waals surface area (Å²) in [6, 6.07) is 24.8. The number of hydrogen-bond donors (Lipinski definition) is 1. The number of fused-ring (bicyclic) bond motifs is 2. The number of nitrogen functional groups attached to an aromatic ring is 1. The van der Waals surface area contributed by atoms with Crippen molar-refractivity contribution in [2.24, 2.45) is 5.10 Å². The fourth-order valence-electron chi connectivity index (χ4n) is 3.39. The smallest absolute Gasteiger partial charge is 0.212 e. The summed E-state index contributed by atoms with van der Waals surface area (Å²) in [5, 5.41) is 4.44. The molecule has 0 spiro atoms. The maximum atomic E-state index is 13.5. The number of nitrogens with two attached hydrogens (primary N) is 1. The molecule has 0 unspecified atom stereocenters. The summed E-state index contributed by atoms with van der Waals surface area (Å²) in [4.78, 5) is 9.24. The number of rotatable bonds is 4. The topological polar surface area (TPSA) is 103 Å². The fraction of sp³-hybridized carbons (Fsp3) is 0. The minimum Gasteiger partial charge on any atom is -0.382 e. The first-order valence-electron chi connectivity index (χ1n) is 9.52. The zero-order valence-electron chi connectivity index (χ0n) is 16.3. The maximum absolute atomic E-state index is 13.5. The van der Waals surface area contributed by atoms with Crippen LogP contribution in [0.3, 0.4) is 0 Å². The molecule has 2 aromatic heterocycles. The average Bonchev–Trinajstić information content (AvgIpc) is 3.08. The molecule has 0 radical (unpaired) electrons. The van der Waals surface area contributed by atoms with Crippen LogP contribution >= 0.6 is 0 Å². The minimum atomic E-state index is -3.95. The van der Waals surface area contributed by atoms with Gasteiger partial charge in [-0.15, -0.1) is 0 Å². The van der Waals surface area contributed by atoms with Gasteiger partial charge in [0.2, 0.25) is 9.84 Å². The Kier molecular flexibility index (Phi) is 4.48. The lowest BCUT2D eigenvalue weighted by atomic mass is 10.2. The van der Waals surface area contributed by atoms with Crippen molar-refractivity contribution in [1.29, 1.82) is 0 Å². The predicted octanol–water partition coefficient (Wildman–Crippen LogP) is 3.88. The second-order valence-corrected chi connectivity index (χ2v) is 8.77. The van der Waals surface area contributed by atoms with Crippen molar-refractivity contribution in [3.8, 4) is 0 Å². The predicted molar refractivity (Wildman–Crippen MR) is 121 cm³/mol. The van der Waals surface area contributed by atoms with Crippen LogP contribution in [0.1, 0.15) is 5.56 Å². The molecule has 31 heavy (non-hydrogen) atoms. The van der Waals surface area contributed by atoms with Gasteiger partial charge in [-0.2, -0.15) is 9.78 Å². The van der Waals surface area contributed by atoms with Crippen molar-refractivity contribution in [3.05, 3.63) is 90.5 Å². The molecule has 2 N–H and O–H groups in total. The Bertz CT molecular complexity index is 1540. The summed E-state index contributed by atoms with van der Waals surface area (Å²) in [6.45, 7) is 0. The Morgan fingerprint density at radius 2 is 1.39 bits per heavy atom. The van der Waals surface area contributed by atoms with Gasteiger partial charge in [-0.3, -0.25) is 0 Å². The van der Waals surface area contributed by atoms with Crippen molar-refractivity contribution in [1.82, 2.24) is 14.6 Å². The lowest BCUT2D eigenvalue weighted by Crippen LogP contribution is -2.06. The molecule has 0 amide bonds. The standard InChI is InChI=1S/C23H17N5O2S/c24-22-21(31(29,30)17-11-5-2-6-12-17)20-23(27-19-14-8-7-13-18(19)26-20)28(22)25-15-16-9-3-1-4-10-16/h1-15H,24H2/b25-15-. The van der Waals surface area contributed by atoms with Crippen molar-refractivity contribution in [3.63, 3.8) is 0 Å². The van der Waals surface area contributed by atoms with E-state index in [0.29, 0.717) is 11.0 Å². The first kappa shape index (κ1) is 19.0. The van der Waals surface area contributed by atoms with Crippen LogP contribution in [0.4, 0.5) is 5.82 Å². The third kappa shape index (κ3) is 3.23. The van der Waals surface area contributed by atoms with Crippen LogP contribution in [-0.4, -0.2) is 29.3 Å². The second kappa shape index (κ2) is 7.33. The zero-order valence-corrected chi connectivity index (χ0v) is 17.1. The van der Waals surface area contributed by atoms with E-state index in [4.69, 9.17) is 5.73 Å². The first-order valence-corrected chi connectivity index (χ1v) is 11.0. The molecule has 3 aromatic carbocycles. The molecule has 5 aromatic rings. The van der Waals surface area contributed by atoms with Crippen LogP contribution in [0.5, 0.6) is 0 Å². The van der Waals surface area contributed by atoms with Crippen LogP contribution in [0.25, 0.3) is 22.2 Å². The molecule has 2 heterocycles. The van der Waals surface area contributed by atoms with Gasteiger partial charge in [-0.25, -0.2) is 18.4 Å². The summed E-state index contributed by atoms with van der Waals surface area (Å²) in [7, 11) is -3.95. The average molecular weight is 427 g/mol. The maximum Gasteiger partial charge on any atom is 0.212 e. The van der Waals surface area contributed by atoms with Gasteiger partial charge in [0.05, 0.1) is 22.1 Å². The summed E-state index contributed by atoms with van der Waals surface area (Å²) < 4.78 is 28.3. The van der Waals surface area contributed by atoms with E-state index in [0.717, 1.165) is 5.56 Å². The van der Waals surface area contributed by atoms with E-state index in [1.54, 1.807) is 30.5 Å². The lowest BCUT2D eigenvalue weighted by molar-refractivity contribution is 0.597. The van der Waals surface area contributed by atoms with Crippen LogP contribution in [0.2, 0.25) is 0 Å². The van der Waals surface area contributed by atoms with E-state index in [9.17, 15) is 8.42 Å². The summed E-state index contributed by atoms with van der Waals surface area (Å²) >= 11 is 0. The Morgan fingerprint density at radius 3 is 2.06 bits per heavy atom. The third-order valence-corrected chi connectivity index (χ3v) is 6.71. The Hall–Kier alpha value is -4.04.